The van der Waals surface area contributed by atoms with Crippen LogP contribution in [0.3, 0.4) is 0 Å². The van der Waals surface area contributed by atoms with E-state index in [1.807, 2.05) is 36.4 Å². The van der Waals surface area contributed by atoms with Crippen LogP contribution in [0.25, 0.3) is 21.8 Å². The number of aromatic nitrogens is 2. The molecule has 0 spiro atoms. The first-order valence-corrected chi connectivity index (χ1v) is 31.2. The molecule has 2 unspecified atom stereocenters. The Hall–Kier alpha value is -6.71. The number of hydrogen-bond acceptors (Lipinski definition) is 6. The van der Waals surface area contributed by atoms with E-state index in [2.05, 4.69) is 62.0 Å². The molecule has 0 saturated carbocycles. The first kappa shape index (κ1) is 50.7. The van der Waals surface area contributed by atoms with Crippen LogP contribution in [-0.2, 0) is 16.1 Å². The highest BCUT2D eigenvalue weighted by molar-refractivity contribution is 6.89. The summed E-state index contributed by atoms with van der Waals surface area (Å²) in [5, 5.41) is 10.9. The van der Waals surface area contributed by atoms with E-state index in [1.165, 1.54) is 10.4 Å². The van der Waals surface area contributed by atoms with Crippen molar-refractivity contribution >= 4 is 101 Å². The third kappa shape index (κ3) is 10.3. The Labute approximate surface area is 426 Å². The molecule has 364 valence electrons. The Balaban J connectivity index is 1.43. The minimum absolute atomic E-state index is 0.141. The first-order valence-electron chi connectivity index (χ1n) is 23.5. The van der Waals surface area contributed by atoms with Gasteiger partial charge in [-0.25, -0.2) is 0 Å². The summed E-state index contributed by atoms with van der Waals surface area (Å²) in [5.41, 5.74) is 4.82. The molecule has 2 aromatic heterocycles. The van der Waals surface area contributed by atoms with Crippen molar-refractivity contribution in [3.63, 3.8) is 0 Å². The predicted molar refractivity (Wildman–Crippen MR) is 294 cm³/mol. The number of benzene rings is 6. The highest BCUT2D eigenvalue weighted by Gasteiger charge is 2.43. The molecule has 71 heavy (non-hydrogen) atoms. The molecule has 8 aromatic rings. The largest absolute Gasteiger partial charge is 0.497 e. The number of anilines is 1. The molecule has 0 aliphatic rings. The molecule has 0 bridgehead atoms. The van der Waals surface area contributed by atoms with E-state index >= 15 is 9.59 Å². The molecule has 6 aromatic carbocycles. The van der Waals surface area contributed by atoms with Gasteiger partial charge in [-0.2, -0.15) is 0 Å². The van der Waals surface area contributed by atoms with Crippen LogP contribution in [0, 0.1) is 13.8 Å². The van der Waals surface area contributed by atoms with Gasteiger partial charge in [-0.15, -0.1) is 0 Å². The number of methoxy groups -OCH3 is 2. The summed E-state index contributed by atoms with van der Waals surface area (Å²) in [4.78, 5) is 61.7. The second kappa shape index (κ2) is 20.2. The van der Waals surface area contributed by atoms with Gasteiger partial charge in [-0.1, -0.05) is 109 Å². The van der Waals surface area contributed by atoms with Gasteiger partial charge in [0.25, 0.3) is 11.8 Å². The van der Waals surface area contributed by atoms with Gasteiger partial charge in [0.2, 0.25) is 11.8 Å². The van der Waals surface area contributed by atoms with E-state index in [0.29, 0.717) is 82.7 Å². The van der Waals surface area contributed by atoms with Crippen LogP contribution in [-0.4, -0.2) is 63.1 Å². The van der Waals surface area contributed by atoms with Gasteiger partial charge in [-0.05, 0) is 128 Å². The van der Waals surface area contributed by atoms with Gasteiger partial charge < -0.3 is 20.1 Å². The van der Waals surface area contributed by atoms with E-state index in [4.69, 9.17) is 32.7 Å². The van der Waals surface area contributed by atoms with Gasteiger partial charge in [0.05, 0.1) is 53.2 Å². The number of nitrogens with zero attached hydrogens (tertiary/aromatic N) is 2. The fourth-order valence-corrected chi connectivity index (χ4v) is 12.0. The SMILES string of the molecule is COc1ccc2c(c1)c(C(C(=O)NCc1ccc([Si](C)(C)C)cc1)C(C(=O)Nc1ccc([Si](C)(C)C)cc1)c1c(C)n(C(=O)c3ccc(Cl)cc3)c3ccc(OC)cc13)c(C)n2C(=O)c1ccc(Cl)cc1. The smallest absolute Gasteiger partial charge is 0.262 e. The van der Waals surface area contributed by atoms with Crippen molar-refractivity contribution in [1.29, 1.82) is 0 Å². The number of hydrogen-bond donors (Lipinski definition) is 2. The minimum atomic E-state index is -1.72. The van der Waals surface area contributed by atoms with Gasteiger partial charge >= 0.3 is 0 Å². The van der Waals surface area contributed by atoms with Crippen molar-refractivity contribution in [2.45, 2.75) is 71.5 Å². The lowest BCUT2D eigenvalue weighted by Gasteiger charge is -2.28. The van der Waals surface area contributed by atoms with E-state index in [1.54, 1.807) is 122 Å². The Kier molecular flexibility index (Phi) is 14.4. The zero-order chi connectivity index (χ0) is 51.1. The molecule has 2 atom stereocenters. The van der Waals surface area contributed by atoms with Crippen molar-refractivity contribution in [3.05, 3.63) is 183 Å². The van der Waals surface area contributed by atoms with Crippen molar-refractivity contribution in [2.75, 3.05) is 19.5 Å². The van der Waals surface area contributed by atoms with E-state index < -0.39 is 39.8 Å². The maximum Gasteiger partial charge on any atom is 0.262 e. The summed E-state index contributed by atoms with van der Waals surface area (Å²) in [7, 11) is -0.254. The molecule has 8 rings (SSSR count). The van der Waals surface area contributed by atoms with E-state index in [0.717, 1.165) is 5.56 Å². The molecule has 2 amide bonds. The fourth-order valence-electron chi connectivity index (χ4n) is 9.44. The molecule has 10 nitrogen and oxygen atoms in total. The minimum Gasteiger partial charge on any atom is -0.497 e. The number of rotatable bonds is 14. The maximum atomic E-state index is 16.0. The molecular weight excluding hydrogens is 964 g/mol. The lowest BCUT2D eigenvalue weighted by Crippen LogP contribution is -2.39. The van der Waals surface area contributed by atoms with Gasteiger partial charge in [0.1, 0.15) is 11.5 Å². The number of nitrogens with one attached hydrogen (secondary N) is 2. The van der Waals surface area contributed by atoms with Crippen LogP contribution in [0.1, 0.15) is 60.6 Å². The van der Waals surface area contributed by atoms with Crippen LogP contribution < -0.4 is 30.5 Å². The number of carbonyl (C=O) groups excluding carboxylic acids is 4. The third-order valence-corrected chi connectivity index (χ3v) is 18.0. The Morgan fingerprint density at radius 1 is 0.535 bits per heavy atom. The van der Waals surface area contributed by atoms with E-state index in [9.17, 15) is 9.59 Å². The van der Waals surface area contributed by atoms with Crippen LogP contribution in [0.2, 0.25) is 49.3 Å². The lowest BCUT2D eigenvalue weighted by molar-refractivity contribution is -0.127. The summed E-state index contributed by atoms with van der Waals surface area (Å²) in [6.45, 7) is 17.3. The Bertz CT molecular complexity index is 3330. The maximum absolute atomic E-state index is 16.0. The van der Waals surface area contributed by atoms with Gasteiger partial charge in [-0.3, -0.25) is 28.3 Å². The molecule has 0 fully saturated rings. The number of ether oxygens (including phenoxy) is 2. The van der Waals surface area contributed by atoms with Crippen molar-refractivity contribution in [3.8, 4) is 11.5 Å². The first-order chi connectivity index (χ1) is 33.7. The van der Waals surface area contributed by atoms with Crippen molar-refractivity contribution < 1.29 is 28.7 Å². The normalized spacial score (nSPS) is 12.7. The fraction of sp³-hybridized carbons (Fsp3) is 0.228. The van der Waals surface area contributed by atoms with Crippen molar-refractivity contribution in [2.24, 2.45) is 0 Å². The zero-order valence-corrected chi connectivity index (χ0v) is 45.2. The van der Waals surface area contributed by atoms with Crippen LogP contribution in [0.15, 0.2) is 133 Å². The number of halogens is 2. The highest BCUT2D eigenvalue weighted by Crippen LogP contribution is 2.46. The molecule has 2 N–H and O–H groups in total. The molecule has 0 aliphatic heterocycles. The quantitative estimate of drug-likeness (QED) is 0.105. The Morgan fingerprint density at radius 2 is 0.930 bits per heavy atom. The molecule has 0 saturated heterocycles. The Morgan fingerprint density at radius 3 is 1.32 bits per heavy atom. The molecular formula is C57H58Cl2N4O6Si2. The average Bonchev–Trinajstić information content (AvgIpc) is 3.79. The third-order valence-electron chi connectivity index (χ3n) is 13.3. The summed E-state index contributed by atoms with van der Waals surface area (Å²) < 4.78 is 14.8. The average molecular weight is 1020 g/mol. The number of carbonyl (C=O) groups is 4. The second-order valence-corrected chi connectivity index (χ2v) is 31.0. The molecule has 0 aliphatic carbocycles. The van der Waals surface area contributed by atoms with E-state index in [-0.39, 0.29) is 18.4 Å². The predicted octanol–water partition coefficient (Wildman–Crippen LogP) is 11.8. The summed E-state index contributed by atoms with van der Waals surface area (Å²) >= 11 is 12.6. The van der Waals surface area contributed by atoms with Crippen LogP contribution >= 0.6 is 23.2 Å². The highest BCUT2D eigenvalue weighted by atomic mass is 35.5. The van der Waals surface area contributed by atoms with Crippen LogP contribution in [0.4, 0.5) is 5.69 Å². The van der Waals surface area contributed by atoms with Gasteiger partial charge in [0.15, 0.2) is 0 Å². The number of amides is 2. The molecule has 0 radical (unpaired) electrons. The van der Waals surface area contributed by atoms with Crippen LogP contribution in [0.5, 0.6) is 11.5 Å². The molecule has 14 heteroatoms. The lowest BCUT2D eigenvalue weighted by atomic mass is 9.77. The second-order valence-electron chi connectivity index (χ2n) is 20.0. The summed E-state index contributed by atoms with van der Waals surface area (Å²) in [6.07, 6.45) is 0. The summed E-state index contributed by atoms with van der Waals surface area (Å²) in [6, 6.07) is 40.1. The van der Waals surface area contributed by atoms with Gasteiger partial charge in [0, 0.05) is 55.6 Å². The summed E-state index contributed by atoms with van der Waals surface area (Å²) in [5.74, 6) is -3.44. The standard InChI is InChI=1S/C57H58Cl2N4O6Si2/c1-34-50(46-31-42(68-3)23-29-48(46)62(34)56(66)37-13-17-39(58)18-14-37)52(54(64)60-33-36-11-25-44(26-12-36)70(5,6)7)53(55(65)61-41-21-27-45(28-22-41)71(8,9)10)51-35(2)63(49-30-24-43(69-4)32-47(49)51)57(67)38-15-19-40(59)20-16-38/h11-32,52-53H,33H2,1-10H3,(H,60,64)(H,61,65). The monoisotopic (exact) mass is 1020 g/mol. The zero-order valence-electron chi connectivity index (χ0n) is 41.7. The molecule has 2 heterocycles. The topological polar surface area (TPSA) is 121 Å². The van der Waals surface area contributed by atoms with Crippen molar-refractivity contribution in [1.82, 2.24) is 14.5 Å². The number of fused-ring (bicyclic) bond motifs is 2.